The molecule has 0 unspecified atom stereocenters. The van der Waals surface area contributed by atoms with Crippen LogP contribution in [0.2, 0.25) is 0 Å². The summed E-state index contributed by atoms with van der Waals surface area (Å²) < 4.78 is 11.7. The lowest BCUT2D eigenvalue weighted by Gasteiger charge is -2.35. The molecule has 0 heterocycles. The van der Waals surface area contributed by atoms with Gasteiger partial charge in [-0.05, 0) is 62.3 Å². The predicted molar refractivity (Wildman–Crippen MR) is 109 cm³/mol. The Labute approximate surface area is 159 Å². The topological polar surface area (TPSA) is 47.6 Å². The Hall–Kier alpha value is -1.55. The van der Waals surface area contributed by atoms with Crippen molar-refractivity contribution in [2.45, 2.75) is 72.8 Å². The molecule has 1 N–H and O–H groups in total. The first-order chi connectivity index (χ1) is 12.3. The molecule has 0 atom stereocenters. The number of nitrogens with one attached hydrogen (secondary N) is 1. The van der Waals surface area contributed by atoms with Gasteiger partial charge in [-0.15, -0.1) is 0 Å². The first kappa shape index (κ1) is 22.5. The number of benzene rings is 1. The summed E-state index contributed by atoms with van der Waals surface area (Å²) in [5.41, 5.74) is -0.0117. The van der Waals surface area contributed by atoms with Crippen LogP contribution in [0.25, 0.3) is 0 Å². The average molecular weight is 364 g/mol. The van der Waals surface area contributed by atoms with Crippen molar-refractivity contribution in [3.05, 3.63) is 24.3 Å². The quantitative estimate of drug-likeness (QED) is 0.487. The molecule has 148 valence electrons. The van der Waals surface area contributed by atoms with Crippen LogP contribution in [0.5, 0.6) is 5.75 Å². The largest absolute Gasteiger partial charge is 0.494 e. The van der Waals surface area contributed by atoms with E-state index in [1.807, 2.05) is 31.2 Å². The summed E-state index contributed by atoms with van der Waals surface area (Å²) in [5.74, 6) is 1.53. The fraction of sp³-hybridized carbons (Fsp3) is 0.682. The van der Waals surface area contributed by atoms with E-state index in [0.29, 0.717) is 31.3 Å². The zero-order valence-electron chi connectivity index (χ0n) is 17.4. The minimum atomic E-state index is -0.784. The number of hydrogen-bond acceptors (Lipinski definition) is 3. The van der Waals surface area contributed by atoms with Gasteiger partial charge in [0.2, 0.25) is 0 Å². The second-order valence-corrected chi connectivity index (χ2v) is 7.80. The highest BCUT2D eigenvalue weighted by Gasteiger charge is 2.40. The van der Waals surface area contributed by atoms with Gasteiger partial charge >= 0.3 is 0 Å². The van der Waals surface area contributed by atoms with Crippen LogP contribution in [-0.2, 0) is 9.53 Å². The molecular formula is C22H37NO3. The summed E-state index contributed by atoms with van der Waals surface area (Å²) in [6.07, 6.45) is 3.57. The van der Waals surface area contributed by atoms with E-state index in [4.69, 9.17) is 9.47 Å². The van der Waals surface area contributed by atoms with Crippen molar-refractivity contribution in [3.8, 4) is 5.75 Å². The maximum absolute atomic E-state index is 13.1. The number of anilines is 1. The molecule has 0 aromatic heterocycles. The molecule has 1 amide bonds. The molecule has 1 rings (SSSR count). The van der Waals surface area contributed by atoms with Gasteiger partial charge in [0, 0.05) is 12.3 Å². The average Bonchev–Trinajstić information content (AvgIpc) is 2.55. The maximum atomic E-state index is 13.1. The third-order valence-corrected chi connectivity index (χ3v) is 4.19. The molecule has 4 heteroatoms. The van der Waals surface area contributed by atoms with E-state index < -0.39 is 5.60 Å². The van der Waals surface area contributed by atoms with Gasteiger partial charge in [-0.2, -0.15) is 0 Å². The Balaban J connectivity index is 2.87. The number of unbranched alkanes of at least 4 members (excludes halogenated alkanes) is 1. The van der Waals surface area contributed by atoms with Gasteiger partial charge in [0.1, 0.15) is 11.4 Å². The Morgan fingerprint density at radius 3 is 2.08 bits per heavy atom. The Morgan fingerprint density at radius 2 is 1.62 bits per heavy atom. The molecule has 0 aliphatic heterocycles. The van der Waals surface area contributed by atoms with E-state index in [9.17, 15) is 4.79 Å². The van der Waals surface area contributed by atoms with Gasteiger partial charge in [-0.3, -0.25) is 4.79 Å². The van der Waals surface area contributed by atoms with E-state index in [1.165, 1.54) is 0 Å². The van der Waals surface area contributed by atoms with Gasteiger partial charge in [0.25, 0.3) is 5.91 Å². The number of carbonyl (C=O) groups excluding carboxylic acids is 1. The van der Waals surface area contributed by atoms with Crippen LogP contribution in [0.1, 0.15) is 67.2 Å². The minimum absolute atomic E-state index is 0.0543. The highest BCUT2D eigenvalue weighted by Crippen LogP contribution is 2.31. The number of ether oxygens (including phenoxy) is 2. The van der Waals surface area contributed by atoms with Gasteiger partial charge in [0.15, 0.2) is 0 Å². The highest BCUT2D eigenvalue weighted by molar-refractivity contribution is 5.97. The lowest BCUT2D eigenvalue weighted by Crippen LogP contribution is -2.47. The summed E-state index contributed by atoms with van der Waals surface area (Å²) in [4.78, 5) is 13.1. The van der Waals surface area contributed by atoms with Crippen molar-refractivity contribution in [1.82, 2.24) is 0 Å². The van der Waals surface area contributed by atoms with Crippen LogP contribution in [0.15, 0.2) is 24.3 Å². The lowest BCUT2D eigenvalue weighted by molar-refractivity contribution is -0.146. The molecule has 26 heavy (non-hydrogen) atoms. The Kier molecular flexibility index (Phi) is 9.71. The minimum Gasteiger partial charge on any atom is -0.494 e. The molecule has 1 aromatic rings. The standard InChI is InChI=1S/C22H37NO3/c1-7-9-14-25-20-12-10-19(11-13-20)23-21(24)22(26-8-2,15-17(3)4)16-18(5)6/h10-13,17-18H,7-9,14-16H2,1-6H3,(H,23,24). The summed E-state index contributed by atoms with van der Waals surface area (Å²) in [5, 5.41) is 3.05. The number of carbonyl (C=O) groups is 1. The van der Waals surface area contributed by atoms with Crippen LogP contribution in [0, 0.1) is 11.8 Å². The van der Waals surface area contributed by atoms with Crippen molar-refractivity contribution in [3.63, 3.8) is 0 Å². The van der Waals surface area contributed by atoms with Gasteiger partial charge in [0.05, 0.1) is 6.61 Å². The molecule has 0 aliphatic carbocycles. The number of rotatable bonds is 12. The molecule has 1 aromatic carbocycles. The molecule has 0 saturated carbocycles. The van der Waals surface area contributed by atoms with E-state index in [0.717, 1.165) is 30.9 Å². The molecule has 0 saturated heterocycles. The van der Waals surface area contributed by atoms with Crippen LogP contribution in [0.4, 0.5) is 5.69 Å². The molecule has 0 bridgehead atoms. The van der Waals surface area contributed by atoms with Crippen molar-refractivity contribution >= 4 is 11.6 Å². The van der Waals surface area contributed by atoms with Crippen LogP contribution >= 0.6 is 0 Å². The predicted octanol–water partition coefficient (Wildman–Crippen LogP) is 5.67. The van der Waals surface area contributed by atoms with Crippen molar-refractivity contribution in [1.29, 1.82) is 0 Å². The molecule has 4 nitrogen and oxygen atoms in total. The molecular weight excluding hydrogens is 326 g/mol. The van der Waals surface area contributed by atoms with Gasteiger partial charge in [-0.25, -0.2) is 0 Å². The van der Waals surface area contributed by atoms with Crippen LogP contribution in [0.3, 0.4) is 0 Å². The summed E-state index contributed by atoms with van der Waals surface area (Å²) in [6.45, 7) is 13.8. The van der Waals surface area contributed by atoms with Crippen molar-refractivity contribution in [2.24, 2.45) is 11.8 Å². The third-order valence-electron chi connectivity index (χ3n) is 4.19. The maximum Gasteiger partial charge on any atom is 0.256 e. The van der Waals surface area contributed by atoms with Gasteiger partial charge in [-0.1, -0.05) is 41.0 Å². The van der Waals surface area contributed by atoms with Crippen molar-refractivity contribution < 1.29 is 14.3 Å². The Morgan fingerprint density at radius 1 is 1.04 bits per heavy atom. The lowest BCUT2D eigenvalue weighted by atomic mass is 9.83. The normalized spacial score (nSPS) is 11.8. The zero-order chi connectivity index (χ0) is 19.6. The molecule has 0 aliphatic rings. The van der Waals surface area contributed by atoms with E-state index >= 15 is 0 Å². The van der Waals surface area contributed by atoms with E-state index in [-0.39, 0.29) is 5.91 Å². The smallest absolute Gasteiger partial charge is 0.256 e. The van der Waals surface area contributed by atoms with E-state index in [1.54, 1.807) is 0 Å². The number of hydrogen-bond donors (Lipinski definition) is 1. The molecule has 0 radical (unpaired) electrons. The first-order valence-electron chi connectivity index (χ1n) is 10.0. The molecule has 0 fully saturated rings. The zero-order valence-corrected chi connectivity index (χ0v) is 17.4. The van der Waals surface area contributed by atoms with Crippen LogP contribution < -0.4 is 10.1 Å². The highest BCUT2D eigenvalue weighted by atomic mass is 16.5. The monoisotopic (exact) mass is 363 g/mol. The molecule has 0 spiro atoms. The fourth-order valence-corrected chi connectivity index (χ4v) is 3.26. The summed E-state index contributed by atoms with van der Waals surface area (Å²) >= 11 is 0. The summed E-state index contributed by atoms with van der Waals surface area (Å²) in [7, 11) is 0. The van der Waals surface area contributed by atoms with Crippen LogP contribution in [-0.4, -0.2) is 24.7 Å². The SMILES string of the molecule is CCCCOc1ccc(NC(=O)C(CC(C)C)(CC(C)C)OCC)cc1. The third kappa shape index (κ3) is 7.36. The van der Waals surface area contributed by atoms with E-state index in [2.05, 4.69) is 39.9 Å². The summed E-state index contributed by atoms with van der Waals surface area (Å²) in [6, 6.07) is 7.58. The second-order valence-electron chi connectivity index (χ2n) is 7.80. The van der Waals surface area contributed by atoms with Gasteiger partial charge < -0.3 is 14.8 Å². The Bertz CT molecular complexity index is 513. The first-order valence-corrected chi connectivity index (χ1v) is 10.0. The fourth-order valence-electron chi connectivity index (χ4n) is 3.26. The van der Waals surface area contributed by atoms with Crippen molar-refractivity contribution in [2.75, 3.05) is 18.5 Å². The number of amides is 1. The second kappa shape index (κ2) is 11.2.